The highest BCUT2D eigenvalue weighted by atomic mass is 79.9. The summed E-state index contributed by atoms with van der Waals surface area (Å²) in [4.78, 5) is 4.93. The summed E-state index contributed by atoms with van der Waals surface area (Å²) in [5.74, 6) is 0. The van der Waals surface area contributed by atoms with Gasteiger partial charge >= 0.3 is 0 Å². The van der Waals surface area contributed by atoms with Crippen molar-refractivity contribution in [2.75, 3.05) is 5.01 Å². The van der Waals surface area contributed by atoms with Crippen molar-refractivity contribution >= 4 is 54.0 Å². The molecule has 1 aliphatic rings. The molecule has 0 spiro atoms. The lowest BCUT2D eigenvalue weighted by Crippen LogP contribution is -2.18. The van der Waals surface area contributed by atoms with Gasteiger partial charge < -0.3 is 0 Å². The predicted molar refractivity (Wildman–Crippen MR) is 132 cm³/mol. The second-order valence-corrected chi connectivity index (χ2v) is 9.72. The van der Waals surface area contributed by atoms with Gasteiger partial charge in [-0.05, 0) is 35.4 Å². The quantitative estimate of drug-likeness (QED) is 0.266. The van der Waals surface area contributed by atoms with Crippen LogP contribution in [0, 0.1) is 0 Å². The number of rotatable bonds is 4. The molecule has 30 heavy (non-hydrogen) atoms. The highest BCUT2D eigenvalue weighted by molar-refractivity contribution is 9.10. The Bertz CT molecular complexity index is 1190. The molecule has 0 saturated carbocycles. The molecule has 1 atom stereocenters. The Morgan fingerprint density at radius 3 is 2.17 bits per heavy atom. The molecule has 3 aromatic carbocycles. The number of hydrogen-bond acceptors (Lipinski definition) is 4. The Morgan fingerprint density at radius 2 is 1.47 bits per heavy atom. The Hall–Kier alpha value is -2.28. The predicted octanol–water partition coefficient (Wildman–Crippen LogP) is 7.69. The first kappa shape index (κ1) is 19.7. The highest BCUT2D eigenvalue weighted by Gasteiger charge is 2.31. The largest absolute Gasteiger partial charge is 0.231 e. The molecule has 148 valence electrons. The second-order valence-electron chi connectivity index (χ2n) is 7.05. The fourth-order valence-electron chi connectivity index (χ4n) is 3.56. The van der Waals surface area contributed by atoms with Crippen LogP contribution in [0.1, 0.15) is 23.6 Å². The summed E-state index contributed by atoms with van der Waals surface area (Å²) in [6.45, 7) is 0. The van der Waals surface area contributed by atoms with Crippen molar-refractivity contribution in [2.24, 2.45) is 5.10 Å². The van der Waals surface area contributed by atoms with Crippen LogP contribution in [0.3, 0.4) is 0 Å². The summed E-state index contributed by atoms with van der Waals surface area (Å²) >= 11 is 8.67. The number of aromatic nitrogens is 1. The number of nitrogens with zero attached hydrogens (tertiary/aromatic N) is 3. The molecule has 0 amide bonds. The Kier molecular flexibility index (Phi) is 5.54. The molecule has 2 heterocycles. The zero-order chi connectivity index (χ0) is 20.5. The second kappa shape index (κ2) is 8.46. The lowest BCUT2D eigenvalue weighted by molar-refractivity contribution is 0.706. The zero-order valence-corrected chi connectivity index (χ0v) is 19.9. The van der Waals surface area contributed by atoms with Gasteiger partial charge in [0.15, 0.2) is 0 Å². The molecule has 1 aliphatic heterocycles. The number of anilines is 1. The molecule has 4 aromatic rings. The van der Waals surface area contributed by atoms with Crippen LogP contribution in [0.25, 0.3) is 11.3 Å². The fourth-order valence-corrected chi connectivity index (χ4v) is 4.92. The molecule has 6 heteroatoms. The van der Waals surface area contributed by atoms with Gasteiger partial charge in [0.2, 0.25) is 5.13 Å². The smallest absolute Gasteiger partial charge is 0.207 e. The maximum atomic E-state index is 5.01. The van der Waals surface area contributed by atoms with Crippen LogP contribution in [0.4, 0.5) is 5.13 Å². The molecule has 1 aromatic heterocycles. The molecular weight excluding hydrogens is 522 g/mol. The normalized spacial score (nSPS) is 16.0. The van der Waals surface area contributed by atoms with E-state index in [1.165, 1.54) is 5.56 Å². The van der Waals surface area contributed by atoms with E-state index in [1.54, 1.807) is 11.3 Å². The topological polar surface area (TPSA) is 28.5 Å². The molecular formula is C24H17Br2N3S. The van der Waals surface area contributed by atoms with Crippen molar-refractivity contribution in [1.29, 1.82) is 0 Å². The van der Waals surface area contributed by atoms with Crippen LogP contribution in [0.15, 0.2) is 98.3 Å². The number of thiazole rings is 1. The lowest BCUT2D eigenvalue weighted by atomic mass is 9.99. The van der Waals surface area contributed by atoms with Gasteiger partial charge in [-0.25, -0.2) is 9.99 Å². The molecule has 0 radical (unpaired) electrons. The average Bonchev–Trinajstić information content (AvgIpc) is 3.43. The van der Waals surface area contributed by atoms with E-state index in [0.717, 1.165) is 43.0 Å². The van der Waals surface area contributed by atoms with Gasteiger partial charge in [-0.2, -0.15) is 5.10 Å². The summed E-state index contributed by atoms with van der Waals surface area (Å²) in [6.07, 6.45) is 0.846. The Morgan fingerprint density at radius 1 is 0.800 bits per heavy atom. The summed E-state index contributed by atoms with van der Waals surface area (Å²) in [6, 6.07) is 27.3. The Labute approximate surface area is 196 Å². The van der Waals surface area contributed by atoms with Crippen LogP contribution in [0.5, 0.6) is 0 Å². The molecule has 0 aliphatic carbocycles. The monoisotopic (exact) mass is 537 g/mol. The van der Waals surface area contributed by atoms with E-state index in [2.05, 4.69) is 103 Å². The number of benzene rings is 3. The van der Waals surface area contributed by atoms with Crippen LogP contribution in [-0.2, 0) is 0 Å². The lowest BCUT2D eigenvalue weighted by Gasteiger charge is -2.21. The molecule has 3 nitrogen and oxygen atoms in total. The summed E-state index contributed by atoms with van der Waals surface area (Å²) in [7, 11) is 0. The van der Waals surface area contributed by atoms with E-state index in [1.807, 2.05) is 18.2 Å². The van der Waals surface area contributed by atoms with E-state index in [9.17, 15) is 0 Å². The van der Waals surface area contributed by atoms with Crippen LogP contribution in [0.2, 0.25) is 0 Å². The van der Waals surface area contributed by atoms with Gasteiger partial charge in [-0.1, -0.05) is 86.5 Å². The maximum Gasteiger partial charge on any atom is 0.207 e. The van der Waals surface area contributed by atoms with E-state index >= 15 is 0 Å². The van der Waals surface area contributed by atoms with Crippen molar-refractivity contribution < 1.29 is 0 Å². The molecule has 0 N–H and O–H groups in total. The molecule has 0 fully saturated rings. The van der Waals surface area contributed by atoms with E-state index in [4.69, 9.17) is 10.1 Å². The SMILES string of the molecule is Brc1ccc(-c2csc(N3N=C(c4ccccc4)CC3c3ccc(Br)cc3)n2)cc1. The van der Waals surface area contributed by atoms with Gasteiger partial charge in [-0.3, -0.25) is 0 Å². The zero-order valence-electron chi connectivity index (χ0n) is 15.9. The fraction of sp³-hybridized carbons (Fsp3) is 0.0833. The van der Waals surface area contributed by atoms with Crippen LogP contribution >= 0.6 is 43.2 Å². The van der Waals surface area contributed by atoms with Crippen LogP contribution < -0.4 is 5.01 Å². The molecule has 0 bridgehead atoms. The average molecular weight is 539 g/mol. The third-order valence-electron chi connectivity index (χ3n) is 5.10. The van der Waals surface area contributed by atoms with Crippen LogP contribution in [-0.4, -0.2) is 10.7 Å². The first-order valence-corrected chi connectivity index (χ1v) is 12.0. The molecule has 5 rings (SSSR count). The van der Waals surface area contributed by atoms with Gasteiger partial charge in [-0.15, -0.1) is 11.3 Å². The van der Waals surface area contributed by atoms with Crippen molar-refractivity contribution in [3.63, 3.8) is 0 Å². The highest BCUT2D eigenvalue weighted by Crippen LogP contribution is 2.39. The first-order valence-electron chi connectivity index (χ1n) is 9.56. The minimum atomic E-state index is 0.122. The third kappa shape index (κ3) is 4.00. The first-order chi connectivity index (χ1) is 14.7. The van der Waals surface area contributed by atoms with Crippen molar-refractivity contribution in [1.82, 2.24) is 4.98 Å². The van der Waals surface area contributed by atoms with E-state index in [-0.39, 0.29) is 6.04 Å². The van der Waals surface area contributed by atoms with Gasteiger partial charge in [0.05, 0.1) is 17.4 Å². The summed E-state index contributed by atoms with van der Waals surface area (Å²) < 4.78 is 2.14. The minimum Gasteiger partial charge on any atom is -0.231 e. The molecule has 1 unspecified atom stereocenters. The van der Waals surface area contributed by atoms with E-state index < -0.39 is 0 Å². The standard InChI is InChI=1S/C24H17Br2N3S/c25-19-10-6-17(7-11-19)22-15-30-24(27-22)29-23(18-8-12-20(26)13-9-18)14-21(28-29)16-4-2-1-3-5-16/h1-13,15,23H,14H2. The van der Waals surface area contributed by atoms with Gasteiger partial charge in [0.25, 0.3) is 0 Å². The van der Waals surface area contributed by atoms with Gasteiger partial charge in [0, 0.05) is 26.3 Å². The maximum absolute atomic E-state index is 5.01. The van der Waals surface area contributed by atoms with Crippen molar-refractivity contribution in [3.8, 4) is 11.3 Å². The van der Waals surface area contributed by atoms with Crippen molar-refractivity contribution in [3.05, 3.63) is 104 Å². The van der Waals surface area contributed by atoms with Gasteiger partial charge in [0.1, 0.15) is 0 Å². The summed E-state index contributed by atoms with van der Waals surface area (Å²) in [5.41, 5.74) is 5.55. The minimum absolute atomic E-state index is 0.122. The van der Waals surface area contributed by atoms with Crippen molar-refractivity contribution in [2.45, 2.75) is 12.5 Å². The summed E-state index contributed by atoms with van der Waals surface area (Å²) in [5, 5.41) is 10.1. The number of hydrazone groups is 1. The Balaban J connectivity index is 1.53. The number of hydrogen-bond donors (Lipinski definition) is 0. The third-order valence-corrected chi connectivity index (χ3v) is 6.99. The number of halogens is 2. The van der Waals surface area contributed by atoms with E-state index in [0.29, 0.717) is 0 Å². The molecule has 0 saturated heterocycles.